The van der Waals surface area contributed by atoms with E-state index in [4.69, 9.17) is 13.7 Å². The van der Waals surface area contributed by atoms with Crippen LogP contribution in [0.1, 0.15) is 45.7 Å². The summed E-state index contributed by atoms with van der Waals surface area (Å²) in [7, 11) is -0.459. The van der Waals surface area contributed by atoms with Crippen molar-refractivity contribution in [3.05, 3.63) is 127 Å². The van der Waals surface area contributed by atoms with E-state index >= 15 is 0 Å². The summed E-state index contributed by atoms with van der Waals surface area (Å²) >= 11 is 0. The molecule has 0 aliphatic carbocycles. The van der Waals surface area contributed by atoms with Gasteiger partial charge in [-0.25, -0.2) is 0 Å². The van der Waals surface area contributed by atoms with Crippen molar-refractivity contribution in [2.45, 2.75) is 45.8 Å². The summed E-state index contributed by atoms with van der Waals surface area (Å²) in [5.74, 6) is 0. The monoisotopic (exact) mass is 538 g/mol. The van der Waals surface area contributed by atoms with E-state index in [0.29, 0.717) is 0 Å². The first-order chi connectivity index (χ1) is 19.7. The van der Waals surface area contributed by atoms with Gasteiger partial charge in [0, 0.05) is 10.8 Å². The van der Waals surface area contributed by atoms with Gasteiger partial charge in [0.2, 0.25) is 0 Å². The summed E-state index contributed by atoms with van der Waals surface area (Å²) in [5.41, 5.74) is 8.77. The minimum Gasteiger partial charge on any atom is -0.456 e. The van der Waals surface area contributed by atoms with Crippen molar-refractivity contribution >= 4 is 45.7 Å². The van der Waals surface area contributed by atoms with Gasteiger partial charge in [-0.05, 0) is 91.7 Å². The largest absolute Gasteiger partial charge is 0.495 e. The van der Waals surface area contributed by atoms with Crippen LogP contribution in [0, 0.1) is 0 Å². The van der Waals surface area contributed by atoms with Gasteiger partial charge < -0.3 is 13.7 Å². The average molecular weight is 538 g/mol. The van der Waals surface area contributed by atoms with Gasteiger partial charge in [-0.2, -0.15) is 0 Å². The highest BCUT2D eigenvalue weighted by atomic mass is 16.7. The van der Waals surface area contributed by atoms with Crippen molar-refractivity contribution in [1.29, 1.82) is 0 Å². The molecule has 0 amide bonds. The van der Waals surface area contributed by atoms with Crippen LogP contribution in [-0.4, -0.2) is 18.3 Å². The number of furan rings is 1. The lowest BCUT2D eigenvalue weighted by Crippen LogP contribution is -2.41. The maximum atomic E-state index is 6.42. The van der Waals surface area contributed by atoms with E-state index in [9.17, 15) is 0 Å². The van der Waals surface area contributed by atoms with E-state index < -0.39 is 18.3 Å². The number of rotatable bonds is 6. The standard InChI is InChI=1S/C37H35BO3/c1-7-26(28-12-9-8-10-13-28)17-16-25(2)27-18-20-29(21-19-27)30-22-23-33-31(24-30)35-32(14-11-15-34(35)39-33)38-40-36(3,4)37(5,6)41-38/h7-24H,1H2,2-6H3/b25-16+,26-17+. The predicted octanol–water partition coefficient (Wildman–Crippen LogP) is 9.23. The first-order valence-corrected chi connectivity index (χ1v) is 14.1. The van der Waals surface area contributed by atoms with Crippen LogP contribution in [0.3, 0.4) is 0 Å². The van der Waals surface area contributed by atoms with Crippen LogP contribution < -0.4 is 5.46 Å². The van der Waals surface area contributed by atoms with E-state index in [0.717, 1.165) is 49.7 Å². The van der Waals surface area contributed by atoms with Gasteiger partial charge in [-0.3, -0.25) is 0 Å². The zero-order chi connectivity index (χ0) is 28.8. The van der Waals surface area contributed by atoms with Gasteiger partial charge in [0.25, 0.3) is 0 Å². The Hall–Kier alpha value is -4.12. The predicted molar refractivity (Wildman–Crippen MR) is 173 cm³/mol. The van der Waals surface area contributed by atoms with Gasteiger partial charge in [0.1, 0.15) is 11.2 Å². The molecular formula is C37H35BO3. The van der Waals surface area contributed by atoms with Crippen molar-refractivity contribution in [2.24, 2.45) is 0 Å². The molecule has 1 saturated heterocycles. The van der Waals surface area contributed by atoms with Gasteiger partial charge in [-0.1, -0.05) is 97.6 Å². The quantitative estimate of drug-likeness (QED) is 0.160. The maximum absolute atomic E-state index is 6.42. The minimum absolute atomic E-state index is 0.413. The molecule has 1 fully saturated rings. The third-order valence-electron chi connectivity index (χ3n) is 8.55. The molecule has 1 aliphatic rings. The lowest BCUT2D eigenvalue weighted by molar-refractivity contribution is 0.00578. The Balaban J connectivity index is 1.32. The third kappa shape index (κ3) is 4.99. The first kappa shape index (κ1) is 27.1. The fourth-order valence-electron chi connectivity index (χ4n) is 5.35. The summed E-state index contributed by atoms with van der Waals surface area (Å²) in [6, 6.07) is 31.5. The van der Waals surface area contributed by atoms with Crippen LogP contribution in [0.2, 0.25) is 0 Å². The van der Waals surface area contributed by atoms with E-state index in [1.165, 1.54) is 11.1 Å². The molecule has 41 heavy (non-hydrogen) atoms. The SMILES string of the molecule is C=C/C(=C\C=C(/C)c1ccc(-c2ccc3oc4cccc(B5OC(C)(C)C(C)(C)O5)c4c3c2)cc1)c1ccccc1. The lowest BCUT2D eigenvalue weighted by Gasteiger charge is -2.32. The van der Waals surface area contributed by atoms with Gasteiger partial charge in [-0.15, -0.1) is 0 Å². The number of hydrogen-bond donors (Lipinski definition) is 0. The van der Waals surface area contributed by atoms with Crippen molar-refractivity contribution in [1.82, 2.24) is 0 Å². The zero-order valence-electron chi connectivity index (χ0n) is 24.4. The molecule has 5 aromatic rings. The van der Waals surface area contributed by atoms with Crippen molar-refractivity contribution in [3.63, 3.8) is 0 Å². The molecule has 0 radical (unpaired) electrons. The molecule has 1 aromatic heterocycles. The Labute approximate surface area is 242 Å². The van der Waals surface area contributed by atoms with E-state index in [2.05, 4.69) is 114 Å². The molecule has 0 saturated carbocycles. The molecule has 0 spiro atoms. The minimum atomic E-state index is -0.459. The van der Waals surface area contributed by atoms with Crippen LogP contribution in [-0.2, 0) is 9.31 Å². The number of fused-ring (bicyclic) bond motifs is 3. The van der Waals surface area contributed by atoms with Crippen LogP contribution in [0.4, 0.5) is 0 Å². The van der Waals surface area contributed by atoms with Gasteiger partial charge >= 0.3 is 7.12 Å². The fraction of sp³-hybridized carbons (Fsp3) is 0.189. The summed E-state index contributed by atoms with van der Waals surface area (Å²) < 4.78 is 19.1. The highest BCUT2D eigenvalue weighted by molar-refractivity contribution is 6.66. The van der Waals surface area contributed by atoms with E-state index in [-0.39, 0.29) is 0 Å². The smallest absolute Gasteiger partial charge is 0.456 e. The second-order valence-electron chi connectivity index (χ2n) is 11.7. The Morgan fingerprint density at radius 3 is 2.07 bits per heavy atom. The summed E-state index contributed by atoms with van der Waals surface area (Å²) in [6.07, 6.45) is 6.18. The molecule has 4 aromatic carbocycles. The normalized spacial score (nSPS) is 17.0. The van der Waals surface area contributed by atoms with Gasteiger partial charge in [0.05, 0.1) is 11.2 Å². The average Bonchev–Trinajstić information content (AvgIpc) is 3.45. The topological polar surface area (TPSA) is 31.6 Å². The highest BCUT2D eigenvalue weighted by Crippen LogP contribution is 2.38. The summed E-state index contributed by atoms with van der Waals surface area (Å²) in [4.78, 5) is 0. The first-order valence-electron chi connectivity index (χ1n) is 14.1. The fourth-order valence-corrected chi connectivity index (χ4v) is 5.35. The Kier molecular flexibility index (Phi) is 6.85. The van der Waals surface area contributed by atoms with E-state index in [1.807, 2.05) is 36.4 Å². The molecular weight excluding hydrogens is 503 g/mol. The number of allylic oxidation sites excluding steroid dienone is 5. The Morgan fingerprint density at radius 2 is 1.39 bits per heavy atom. The summed E-state index contributed by atoms with van der Waals surface area (Å²) in [5, 5.41) is 2.10. The summed E-state index contributed by atoms with van der Waals surface area (Å²) in [6.45, 7) is 14.5. The Morgan fingerprint density at radius 1 is 0.707 bits per heavy atom. The van der Waals surface area contributed by atoms with Crippen molar-refractivity contribution < 1.29 is 13.7 Å². The molecule has 0 N–H and O–H groups in total. The second-order valence-corrected chi connectivity index (χ2v) is 11.7. The molecule has 0 unspecified atom stereocenters. The highest BCUT2D eigenvalue weighted by Gasteiger charge is 2.52. The van der Waals surface area contributed by atoms with Crippen LogP contribution in [0.15, 0.2) is 120 Å². The van der Waals surface area contributed by atoms with Crippen LogP contribution >= 0.6 is 0 Å². The number of hydrogen-bond acceptors (Lipinski definition) is 3. The molecule has 1 aliphatic heterocycles. The molecule has 2 heterocycles. The molecule has 0 bridgehead atoms. The zero-order valence-corrected chi connectivity index (χ0v) is 24.4. The van der Waals surface area contributed by atoms with E-state index in [1.54, 1.807) is 0 Å². The van der Waals surface area contributed by atoms with Gasteiger partial charge in [0.15, 0.2) is 0 Å². The van der Waals surface area contributed by atoms with Crippen LogP contribution in [0.5, 0.6) is 0 Å². The third-order valence-corrected chi connectivity index (χ3v) is 8.55. The molecule has 204 valence electrons. The molecule has 0 atom stereocenters. The lowest BCUT2D eigenvalue weighted by atomic mass is 9.76. The van der Waals surface area contributed by atoms with Crippen LogP contribution in [0.25, 0.3) is 44.2 Å². The van der Waals surface area contributed by atoms with Crippen molar-refractivity contribution in [3.8, 4) is 11.1 Å². The molecule has 6 rings (SSSR count). The maximum Gasteiger partial charge on any atom is 0.495 e. The molecule has 4 heteroatoms. The van der Waals surface area contributed by atoms with Crippen molar-refractivity contribution in [2.75, 3.05) is 0 Å². The molecule has 3 nitrogen and oxygen atoms in total. The Bertz CT molecular complexity index is 1790. The number of benzene rings is 4. The second kappa shape index (κ2) is 10.4.